The molecule has 0 N–H and O–H groups in total. The first-order valence-electron chi connectivity index (χ1n) is 9.83. The Kier molecular flexibility index (Phi) is 6.06. The molecule has 0 saturated heterocycles. The summed E-state index contributed by atoms with van der Waals surface area (Å²) < 4.78 is 40.6. The molecule has 30 heavy (non-hydrogen) atoms. The van der Waals surface area contributed by atoms with E-state index in [4.69, 9.17) is 4.98 Å². The van der Waals surface area contributed by atoms with Crippen LogP contribution < -0.4 is 5.56 Å². The van der Waals surface area contributed by atoms with Crippen LogP contribution in [0.1, 0.15) is 40.8 Å². The molecule has 0 fully saturated rings. The summed E-state index contributed by atoms with van der Waals surface area (Å²) in [6.07, 6.45) is 2.51. The van der Waals surface area contributed by atoms with Crippen molar-refractivity contribution in [3.8, 4) is 0 Å². The summed E-state index contributed by atoms with van der Waals surface area (Å²) in [7, 11) is 0. The minimum atomic E-state index is -4.38. The third-order valence-corrected chi connectivity index (χ3v) is 7.46. The molecule has 0 unspecified atom stereocenters. The van der Waals surface area contributed by atoms with Gasteiger partial charge in [-0.1, -0.05) is 42.5 Å². The fraction of sp³-hybridized carbons (Fsp3) is 0.364. The zero-order valence-electron chi connectivity index (χ0n) is 16.3. The number of alkyl halides is 3. The molecule has 0 aliphatic heterocycles. The highest BCUT2D eigenvalue weighted by atomic mass is 32.2. The zero-order chi connectivity index (χ0) is 21.3. The second kappa shape index (κ2) is 8.59. The maximum absolute atomic E-state index is 13.3. The highest BCUT2D eigenvalue weighted by Gasteiger charge is 2.30. The van der Waals surface area contributed by atoms with Gasteiger partial charge in [0.2, 0.25) is 0 Å². The highest BCUT2D eigenvalue weighted by Crippen LogP contribution is 2.35. The van der Waals surface area contributed by atoms with Crippen LogP contribution in [0.15, 0.2) is 46.9 Å². The number of thiophene rings is 1. The number of benzene rings is 1. The Morgan fingerprint density at radius 2 is 2.03 bits per heavy atom. The van der Waals surface area contributed by atoms with E-state index in [2.05, 4.69) is 6.58 Å². The Hall–Kier alpha value is -2.06. The van der Waals surface area contributed by atoms with Gasteiger partial charge in [0.05, 0.1) is 10.9 Å². The van der Waals surface area contributed by atoms with Crippen LogP contribution in [0.4, 0.5) is 13.2 Å². The van der Waals surface area contributed by atoms with Crippen molar-refractivity contribution in [1.82, 2.24) is 9.55 Å². The average molecular weight is 451 g/mol. The minimum absolute atomic E-state index is 0.0779. The van der Waals surface area contributed by atoms with Crippen molar-refractivity contribution in [2.75, 3.05) is 0 Å². The van der Waals surface area contributed by atoms with Crippen molar-refractivity contribution in [2.45, 2.75) is 55.7 Å². The first kappa shape index (κ1) is 21.2. The third-order valence-electron chi connectivity index (χ3n) is 5.22. The van der Waals surface area contributed by atoms with Crippen molar-refractivity contribution in [3.05, 3.63) is 68.8 Å². The molecule has 3 nitrogen and oxygen atoms in total. The van der Waals surface area contributed by atoms with Gasteiger partial charge in [0.1, 0.15) is 4.83 Å². The van der Waals surface area contributed by atoms with Crippen molar-refractivity contribution in [2.24, 2.45) is 0 Å². The topological polar surface area (TPSA) is 34.9 Å². The number of aromatic nitrogens is 2. The summed E-state index contributed by atoms with van der Waals surface area (Å²) >= 11 is 2.87. The quantitative estimate of drug-likeness (QED) is 0.200. The van der Waals surface area contributed by atoms with Gasteiger partial charge in [0, 0.05) is 17.2 Å². The number of halogens is 3. The Bertz CT molecular complexity index is 1150. The van der Waals surface area contributed by atoms with Crippen LogP contribution in [0.25, 0.3) is 10.2 Å². The Morgan fingerprint density at radius 3 is 2.80 bits per heavy atom. The number of allylic oxidation sites excluding steroid dienone is 1. The number of fused-ring (bicyclic) bond motifs is 3. The van der Waals surface area contributed by atoms with E-state index in [-0.39, 0.29) is 5.56 Å². The van der Waals surface area contributed by atoms with Crippen LogP contribution in [0, 0.1) is 0 Å². The molecule has 158 valence electrons. The molecule has 4 rings (SSSR count). The van der Waals surface area contributed by atoms with Crippen LogP contribution >= 0.6 is 23.1 Å². The summed E-state index contributed by atoms with van der Waals surface area (Å²) in [4.78, 5) is 20.0. The summed E-state index contributed by atoms with van der Waals surface area (Å²) in [5, 5.41) is 1.23. The maximum Gasteiger partial charge on any atom is 0.416 e. The van der Waals surface area contributed by atoms with Gasteiger partial charge in [-0.15, -0.1) is 17.9 Å². The molecule has 0 spiro atoms. The molecule has 0 radical (unpaired) electrons. The van der Waals surface area contributed by atoms with Crippen LogP contribution in [0.5, 0.6) is 0 Å². The first-order valence-corrected chi connectivity index (χ1v) is 11.6. The lowest BCUT2D eigenvalue weighted by Gasteiger charge is -2.12. The third kappa shape index (κ3) is 4.21. The molecular formula is C22H21F3N2OS2. The van der Waals surface area contributed by atoms with Crippen molar-refractivity contribution < 1.29 is 13.2 Å². The zero-order valence-corrected chi connectivity index (χ0v) is 17.9. The number of hydrogen-bond donors (Lipinski definition) is 0. The first-order chi connectivity index (χ1) is 14.4. The molecule has 0 amide bonds. The van der Waals surface area contributed by atoms with Crippen LogP contribution in [-0.4, -0.2) is 9.55 Å². The summed E-state index contributed by atoms with van der Waals surface area (Å²) in [6.45, 7) is 4.06. The lowest BCUT2D eigenvalue weighted by atomic mass is 10.1. The predicted molar refractivity (Wildman–Crippen MR) is 116 cm³/mol. The van der Waals surface area contributed by atoms with Gasteiger partial charge in [-0.2, -0.15) is 13.2 Å². The largest absolute Gasteiger partial charge is 0.416 e. The fourth-order valence-corrected chi connectivity index (χ4v) is 6.04. The van der Waals surface area contributed by atoms with Gasteiger partial charge >= 0.3 is 6.18 Å². The summed E-state index contributed by atoms with van der Waals surface area (Å²) in [6, 6.07) is 5.27. The lowest BCUT2D eigenvalue weighted by Crippen LogP contribution is -2.23. The van der Waals surface area contributed by atoms with Crippen LogP contribution in [0.2, 0.25) is 0 Å². The molecule has 2 heterocycles. The van der Waals surface area contributed by atoms with Crippen LogP contribution in [-0.2, 0) is 31.3 Å². The summed E-state index contributed by atoms with van der Waals surface area (Å²) in [5.41, 5.74) is 0.925. The molecule has 8 heteroatoms. The van der Waals surface area contributed by atoms with E-state index >= 15 is 0 Å². The van der Waals surface area contributed by atoms with E-state index in [1.807, 2.05) is 0 Å². The van der Waals surface area contributed by atoms with Gasteiger partial charge in [0.25, 0.3) is 5.56 Å². The number of nitrogens with zero attached hydrogens (tertiary/aromatic N) is 2. The summed E-state index contributed by atoms with van der Waals surface area (Å²) in [5.74, 6) is 0.296. The van der Waals surface area contributed by atoms with E-state index in [0.29, 0.717) is 28.4 Å². The van der Waals surface area contributed by atoms with Gasteiger partial charge in [-0.05, 0) is 42.9 Å². The Balaban J connectivity index is 1.71. The fourth-order valence-electron chi connectivity index (χ4n) is 3.78. The SMILES string of the molecule is C=CCn1c(SCc2cccc(C(F)(F)F)c2)nc2sc3c(c2c1=O)CCCCC3. The molecule has 3 aromatic rings. The molecule has 1 aliphatic rings. The van der Waals surface area contributed by atoms with Gasteiger partial charge in [-0.3, -0.25) is 9.36 Å². The maximum atomic E-state index is 13.3. The van der Waals surface area contributed by atoms with Gasteiger partial charge in [-0.25, -0.2) is 4.98 Å². The van der Waals surface area contributed by atoms with E-state index in [0.717, 1.165) is 48.2 Å². The smallest absolute Gasteiger partial charge is 0.283 e. The lowest BCUT2D eigenvalue weighted by molar-refractivity contribution is -0.137. The van der Waals surface area contributed by atoms with Crippen LogP contribution in [0.3, 0.4) is 0 Å². The standard InChI is InChI=1S/C22H21F3N2OS2/c1-2-11-27-20(28)18-16-9-4-3-5-10-17(16)30-19(18)26-21(27)29-13-14-7-6-8-15(12-14)22(23,24)25/h2,6-8,12H,1,3-5,9-11,13H2. The second-order valence-electron chi connectivity index (χ2n) is 7.33. The normalized spacial score (nSPS) is 14.5. The molecule has 1 aliphatic carbocycles. The predicted octanol–water partition coefficient (Wildman–Crippen LogP) is 6.22. The molecular weight excluding hydrogens is 429 g/mol. The average Bonchev–Trinajstić information content (AvgIpc) is 2.89. The number of rotatable bonds is 5. The van der Waals surface area contributed by atoms with E-state index in [1.165, 1.54) is 29.1 Å². The molecule has 2 aromatic heterocycles. The molecule has 1 aromatic carbocycles. The van der Waals surface area contributed by atoms with Gasteiger partial charge < -0.3 is 0 Å². The molecule has 0 atom stereocenters. The van der Waals surface area contributed by atoms with Gasteiger partial charge in [0.15, 0.2) is 5.16 Å². The highest BCUT2D eigenvalue weighted by molar-refractivity contribution is 7.98. The number of hydrogen-bond acceptors (Lipinski definition) is 4. The minimum Gasteiger partial charge on any atom is -0.283 e. The van der Waals surface area contributed by atoms with Crippen molar-refractivity contribution in [3.63, 3.8) is 0 Å². The van der Waals surface area contributed by atoms with E-state index < -0.39 is 11.7 Å². The van der Waals surface area contributed by atoms with E-state index in [1.54, 1.807) is 28.0 Å². The number of aryl methyl sites for hydroxylation is 2. The molecule has 0 saturated carbocycles. The van der Waals surface area contributed by atoms with E-state index in [9.17, 15) is 18.0 Å². The molecule has 0 bridgehead atoms. The number of thioether (sulfide) groups is 1. The Labute approximate surface area is 180 Å². The van der Waals surface area contributed by atoms with Crippen molar-refractivity contribution >= 4 is 33.3 Å². The Morgan fingerprint density at radius 1 is 1.23 bits per heavy atom. The second-order valence-corrected chi connectivity index (χ2v) is 9.36. The monoisotopic (exact) mass is 450 g/mol. The van der Waals surface area contributed by atoms with Crippen molar-refractivity contribution in [1.29, 1.82) is 0 Å².